The number of hydrogen-bond donors (Lipinski definition) is 1. The highest BCUT2D eigenvalue weighted by Crippen LogP contribution is 2.40. The Bertz CT molecular complexity index is 1120. The van der Waals surface area contributed by atoms with E-state index in [9.17, 15) is 13.2 Å². The third-order valence-electron chi connectivity index (χ3n) is 8.05. The Morgan fingerprint density at radius 3 is 2.32 bits per heavy atom. The van der Waals surface area contributed by atoms with Crippen molar-refractivity contribution in [2.45, 2.75) is 120 Å². The van der Waals surface area contributed by atoms with E-state index in [0.717, 1.165) is 24.8 Å². The third-order valence-corrected chi connectivity index (χ3v) is 9.38. The quantitative estimate of drug-likeness (QED) is 0.244. The number of benzene rings is 1. The van der Waals surface area contributed by atoms with E-state index < -0.39 is 52.6 Å². The summed E-state index contributed by atoms with van der Waals surface area (Å²) in [5, 5.41) is 0. The molecular formula is C31H51ClN2O9S. The van der Waals surface area contributed by atoms with Crippen LogP contribution in [-0.2, 0) is 38.4 Å². The number of aryl methyl sites for hydroxylation is 1. The minimum atomic E-state index is -4.13. The normalized spacial score (nSPS) is 25.6. The molecule has 44 heavy (non-hydrogen) atoms. The van der Waals surface area contributed by atoms with E-state index in [-0.39, 0.29) is 17.3 Å². The van der Waals surface area contributed by atoms with Crippen LogP contribution in [0.2, 0.25) is 0 Å². The fourth-order valence-corrected chi connectivity index (χ4v) is 6.62. The average molecular weight is 663 g/mol. The molecule has 3 heterocycles. The highest BCUT2D eigenvalue weighted by atomic mass is 35.5. The molecule has 3 aliphatic heterocycles. The molecule has 3 saturated heterocycles. The number of nitrogens with zero attached hydrogens (tertiary/aromatic N) is 1. The van der Waals surface area contributed by atoms with Gasteiger partial charge in [-0.15, -0.1) is 12.4 Å². The lowest BCUT2D eigenvalue weighted by atomic mass is 10.0. The molecule has 1 N–H and O–H groups in total. The maximum absolute atomic E-state index is 13.1. The van der Waals surface area contributed by atoms with Gasteiger partial charge in [-0.2, -0.15) is 0 Å². The van der Waals surface area contributed by atoms with Gasteiger partial charge >= 0.3 is 6.09 Å². The summed E-state index contributed by atoms with van der Waals surface area (Å²) in [7, 11) is -4.13. The fourth-order valence-electron chi connectivity index (χ4n) is 5.74. The predicted octanol–water partition coefficient (Wildman–Crippen LogP) is 4.93. The summed E-state index contributed by atoms with van der Waals surface area (Å²) in [5.41, 5.74) is 0.904. The van der Waals surface area contributed by atoms with Gasteiger partial charge in [0.25, 0.3) is 10.0 Å². The number of carbonyl (C=O) groups is 1. The van der Waals surface area contributed by atoms with Crippen molar-refractivity contribution in [3.8, 4) is 0 Å². The zero-order valence-corrected chi connectivity index (χ0v) is 28.2. The number of ether oxygens (including phenoxy) is 6. The second-order valence-corrected chi connectivity index (χ2v) is 13.8. The maximum Gasteiger partial charge on any atom is 0.421 e. The number of unbranched alkanes of at least 4 members (excludes halogenated alkanes) is 7. The maximum atomic E-state index is 13.1. The van der Waals surface area contributed by atoms with Gasteiger partial charge in [0.2, 0.25) is 0 Å². The van der Waals surface area contributed by atoms with Gasteiger partial charge in [-0.25, -0.2) is 17.9 Å². The first-order valence-electron chi connectivity index (χ1n) is 15.8. The summed E-state index contributed by atoms with van der Waals surface area (Å²) >= 11 is 0. The van der Waals surface area contributed by atoms with E-state index in [1.165, 1.54) is 44.2 Å². The van der Waals surface area contributed by atoms with Crippen LogP contribution in [0.25, 0.3) is 0 Å². The van der Waals surface area contributed by atoms with Crippen molar-refractivity contribution < 1.29 is 41.6 Å². The summed E-state index contributed by atoms with van der Waals surface area (Å²) < 4.78 is 64.1. The molecule has 3 fully saturated rings. The van der Waals surface area contributed by atoms with E-state index in [0.29, 0.717) is 39.5 Å². The number of fused-ring (bicyclic) bond motifs is 1. The van der Waals surface area contributed by atoms with Gasteiger partial charge in [0, 0.05) is 26.2 Å². The van der Waals surface area contributed by atoms with Crippen molar-refractivity contribution in [2.24, 2.45) is 0 Å². The van der Waals surface area contributed by atoms with Crippen LogP contribution in [0.1, 0.15) is 77.7 Å². The number of nitrogens with one attached hydrogen (secondary N) is 1. The van der Waals surface area contributed by atoms with E-state index >= 15 is 0 Å². The standard InChI is InChI=1S/C31H50N2O9S.ClH/c1-5-6-7-8-9-10-11-12-19-38-27-26(40-29-28(27)41-31(3,4)42-29)25(22-33-17-20-37-21-18-33)39-30(34)32-43(35,36)24-15-13-23(2)14-16-24;/h13-16,25-29H,5-12,17-22H2,1-4H3,(H,32,34);1H/t25?,26-,27+,28-,29-;/m1./s1. The Labute approximate surface area is 269 Å². The van der Waals surface area contributed by atoms with Gasteiger partial charge in [0.05, 0.1) is 18.1 Å². The highest BCUT2D eigenvalue weighted by molar-refractivity contribution is 7.90. The summed E-state index contributed by atoms with van der Waals surface area (Å²) in [4.78, 5) is 15.2. The number of hydrogen-bond acceptors (Lipinski definition) is 10. The molecule has 0 aliphatic carbocycles. The Morgan fingerprint density at radius 1 is 1.02 bits per heavy atom. The molecule has 1 aromatic carbocycles. The van der Waals surface area contributed by atoms with E-state index in [1.54, 1.807) is 12.1 Å². The van der Waals surface area contributed by atoms with Crippen LogP contribution in [0.15, 0.2) is 29.2 Å². The molecule has 5 atom stereocenters. The molecular weight excluding hydrogens is 612 g/mol. The van der Waals surface area contributed by atoms with Crippen molar-refractivity contribution in [1.29, 1.82) is 0 Å². The molecule has 0 aromatic heterocycles. The van der Waals surface area contributed by atoms with Crippen LogP contribution in [0.3, 0.4) is 0 Å². The molecule has 13 heteroatoms. The molecule has 0 radical (unpaired) electrons. The molecule has 252 valence electrons. The number of carbonyl (C=O) groups excluding carboxylic acids is 1. The molecule has 3 aliphatic rings. The number of sulfonamides is 1. The first-order valence-corrected chi connectivity index (χ1v) is 17.3. The molecule has 4 rings (SSSR count). The first-order chi connectivity index (χ1) is 20.6. The summed E-state index contributed by atoms with van der Waals surface area (Å²) in [6, 6.07) is 6.23. The van der Waals surface area contributed by atoms with E-state index in [2.05, 4.69) is 16.5 Å². The third kappa shape index (κ3) is 10.8. The predicted molar refractivity (Wildman–Crippen MR) is 167 cm³/mol. The van der Waals surface area contributed by atoms with Crippen LogP contribution in [-0.4, -0.2) is 95.4 Å². The number of halogens is 1. The monoisotopic (exact) mass is 662 g/mol. The summed E-state index contributed by atoms with van der Waals surface area (Å²) in [6.07, 6.45) is 4.99. The van der Waals surface area contributed by atoms with Crippen molar-refractivity contribution in [1.82, 2.24) is 9.62 Å². The fraction of sp³-hybridized carbons (Fsp3) is 0.774. The average Bonchev–Trinajstić information content (AvgIpc) is 3.44. The van der Waals surface area contributed by atoms with Crippen molar-refractivity contribution >= 4 is 28.5 Å². The van der Waals surface area contributed by atoms with Gasteiger partial charge in [-0.3, -0.25) is 4.90 Å². The zero-order chi connectivity index (χ0) is 30.9. The Kier molecular flexibility index (Phi) is 14.6. The van der Waals surface area contributed by atoms with Crippen LogP contribution in [0.4, 0.5) is 4.79 Å². The molecule has 0 bridgehead atoms. The lowest BCUT2D eigenvalue weighted by Gasteiger charge is -2.35. The second kappa shape index (κ2) is 17.4. The van der Waals surface area contributed by atoms with Crippen LogP contribution in [0.5, 0.6) is 0 Å². The number of amides is 1. The molecule has 1 aromatic rings. The highest BCUT2D eigenvalue weighted by Gasteiger charge is 2.58. The van der Waals surface area contributed by atoms with E-state index in [1.807, 2.05) is 20.8 Å². The summed E-state index contributed by atoms with van der Waals surface area (Å²) in [6.45, 7) is 10.9. The van der Waals surface area contributed by atoms with E-state index in [4.69, 9.17) is 28.4 Å². The van der Waals surface area contributed by atoms with Gasteiger partial charge < -0.3 is 28.4 Å². The summed E-state index contributed by atoms with van der Waals surface area (Å²) in [5.74, 6) is -0.847. The molecule has 1 unspecified atom stereocenters. The molecule has 1 amide bonds. The van der Waals surface area contributed by atoms with Gasteiger partial charge in [-0.05, 0) is 39.3 Å². The zero-order valence-electron chi connectivity index (χ0n) is 26.5. The van der Waals surface area contributed by atoms with Crippen LogP contribution in [0, 0.1) is 6.92 Å². The topological polar surface area (TPSA) is 122 Å². The minimum absolute atomic E-state index is 0. The Balaban J connectivity index is 0.00000529. The first kappa shape index (κ1) is 37.0. The number of rotatable bonds is 16. The number of morpholine rings is 1. The second-order valence-electron chi connectivity index (χ2n) is 12.2. The van der Waals surface area contributed by atoms with Gasteiger partial charge in [0.15, 0.2) is 12.1 Å². The van der Waals surface area contributed by atoms with Crippen molar-refractivity contribution in [3.05, 3.63) is 29.8 Å². The lowest BCUT2D eigenvalue weighted by molar-refractivity contribution is -0.230. The molecule has 11 nitrogen and oxygen atoms in total. The van der Waals surface area contributed by atoms with Crippen molar-refractivity contribution in [3.63, 3.8) is 0 Å². The Hall–Kier alpha value is -1.51. The van der Waals surface area contributed by atoms with Crippen LogP contribution >= 0.6 is 12.4 Å². The largest absolute Gasteiger partial charge is 0.441 e. The van der Waals surface area contributed by atoms with Crippen LogP contribution < -0.4 is 4.72 Å². The SMILES string of the molecule is CCCCCCCCCCO[C@@H]1[C@H]2OC(C)(C)O[C@H]2O[C@@H]1C(CN1CCOCC1)OC(=O)NS(=O)(=O)c1ccc(C)cc1.Cl. The van der Waals surface area contributed by atoms with Gasteiger partial charge in [0.1, 0.15) is 24.4 Å². The smallest absolute Gasteiger partial charge is 0.421 e. The van der Waals surface area contributed by atoms with Crippen molar-refractivity contribution in [2.75, 3.05) is 39.5 Å². The molecule has 0 spiro atoms. The van der Waals surface area contributed by atoms with Gasteiger partial charge in [-0.1, -0.05) is 69.6 Å². The minimum Gasteiger partial charge on any atom is -0.441 e. The lowest BCUT2D eigenvalue weighted by Crippen LogP contribution is -2.52. The Morgan fingerprint density at radius 2 is 1.66 bits per heavy atom. The molecule has 0 saturated carbocycles.